The van der Waals surface area contributed by atoms with Gasteiger partial charge in [0.15, 0.2) is 5.78 Å². The van der Waals surface area contributed by atoms with Crippen molar-refractivity contribution in [3.8, 4) is 11.5 Å². The maximum absolute atomic E-state index is 12.8. The third-order valence-electron chi connectivity index (χ3n) is 4.53. The van der Waals surface area contributed by atoms with Crippen LogP contribution in [-0.2, 0) is 0 Å². The van der Waals surface area contributed by atoms with Crippen molar-refractivity contribution in [2.75, 3.05) is 11.1 Å². The summed E-state index contributed by atoms with van der Waals surface area (Å²) in [7, 11) is 0. The first-order valence-corrected chi connectivity index (χ1v) is 8.32. The minimum atomic E-state index is -0.675. The number of amides is 1. The summed E-state index contributed by atoms with van der Waals surface area (Å²) in [5.74, 6) is -2.65. The lowest BCUT2D eigenvalue weighted by Gasteiger charge is -2.20. The lowest BCUT2D eigenvalue weighted by molar-refractivity contribution is 0.0972. The molecule has 1 aliphatic rings. The number of anilines is 2. The molecule has 0 saturated carbocycles. The first kappa shape index (κ1) is 17.3. The zero-order valence-electron chi connectivity index (χ0n) is 14.4. The van der Waals surface area contributed by atoms with Gasteiger partial charge in [-0.25, -0.2) is 0 Å². The summed E-state index contributed by atoms with van der Waals surface area (Å²) in [5, 5.41) is 22.9. The van der Waals surface area contributed by atoms with Crippen LogP contribution in [0.1, 0.15) is 42.2 Å². The third kappa shape index (κ3) is 2.66. The number of hydrogen-bond acceptors (Lipinski definition) is 6. The number of hydrogen-bond donors (Lipinski definition) is 4. The van der Waals surface area contributed by atoms with E-state index in [1.807, 2.05) is 0 Å². The van der Waals surface area contributed by atoms with Gasteiger partial charge in [-0.05, 0) is 42.5 Å². The molecule has 0 saturated heterocycles. The van der Waals surface area contributed by atoms with Crippen LogP contribution in [0.3, 0.4) is 0 Å². The molecule has 3 aromatic carbocycles. The topological polar surface area (TPSA) is 130 Å². The van der Waals surface area contributed by atoms with E-state index in [0.29, 0.717) is 11.4 Å². The van der Waals surface area contributed by atoms with E-state index >= 15 is 0 Å². The minimum Gasteiger partial charge on any atom is -0.507 e. The number of carbonyl (C=O) groups is 3. The number of ketones is 2. The normalized spacial score (nSPS) is 12.3. The molecule has 4 rings (SSSR count). The fourth-order valence-corrected chi connectivity index (χ4v) is 3.18. The summed E-state index contributed by atoms with van der Waals surface area (Å²) in [6.07, 6.45) is 0. The second-order valence-corrected chi connectivity index (χ2v) is 6.35. The molecular formula is C21H14N2O5. The molecule has 0 heterocycles. The number of nitrogens with two attached hydrogens (primary N) is 1. The molecule has 0 fully saturated rings. The van der Waals surface area contributed by atoms with Crippen molar-refractivity contribution in [3.05, 3.63) is 82.4 Å². The van der Waals surface area contributed by atoms with E-state index in [1.54, 1.807) is 24.3 Å². The molecule has 0 unspecified atom stereocenters. The summed E-state index contributed by atoms with van der Waals surface area (Å²) in [6, 6.07) is 13.0. The zero-order chi connectivity index (χ0) is 20.0. The number of phenolic OH excluding ortho intramolecular Hbond substituents is 2. The Bertz CT molecular complexity index is 1170. The van der Waals surface area contributed by atoms with E-state index in [1.165, 1.54) is 24.3 Å². The predicted octanol–water partition coefficient (Wildman–Crippen LogP) is 2.71. The van der Waals surface area contributed by atoms with Crippen LogP contribution in [0, 0.1) is 0 Å². The van der Waals surface area contributed by atoms with Crippen molar-refractivity contribution in [1.82, 2.24) is 0 Å². The maximum atomic E-state index is 12.8. The molecule has 7 heteroatoms. The molecular weight excluding hydrogens is 360 g/mol. The number of aromatic hydroxyl groups is 2. The van der Waals surface area contributed by atoms with Gasteiger partial charge in [0.05, 0.1) is 11.1 Å². The fourth-order valence-electron chi connectivity index (χ4n) is 3.18. The number of benzene rings is 3. The highest BCUT2D eigenvalue weighted by molar-refractivity contribution is 6.30. The van der Waals surface area contributed by atoms with E-state index in [4.69, 9.17) is 5.73 Å². The van der Waals surface area contributed by atoms with E-state index < -0.39 is 23.2 Å². The van der Waals surface area contributed by atoms with Gasteiger partial charge < -0.3 is 21.3 Å². The number of phenols is 2. The highest BCUT2D eigenvalue weighted by Gasteiger charge is 2.35. The summed E-state index contributed by atoms with van der Waals surface area (Å²) >= 11 is 0. The van der Waals surface area contributed by atoms with Crippen LogP contribution in [-0.4, -0.2) is 27.7 Å². The molecule has 0 aromatic heterocycles. The highest BCUT2D eigenvalue weighted by Crippen LogP contribution is 2.37. The van der Waals surface area contributed by atoms with Crippen LogP contribution in [0.25, 0.3) is 0 Å². The van der Waals surface area contributed by atoms with Crippen molar-refractivity contribution < 1.29 is 24.6 Å². The molecule has 0 atom stereocenters. The molecule has 0 bridgehead atoms. The molecule has 3 aromatic rings. The summed E-state index contributed by atoms with van der Waals surface area (Å²) < 4.78 is 0. The minimum absolute atomic E-state index is 0.0119. The smallest absolute Gasteiger partial charge is 0.255 e. The van der Waals surface area contributed by atoms with Crippen LogP contribution >= 0.6 is 0 Å². The molecule has 7 nitrogen and oxygen atoms in total. The summed E-state index contributed by atoms with van der Waals surface area (Å²) in [6.45, 7) is 0. The Labute approximate surface area is 159 Å². The molecule has 0 radical (unpaired) electrons. The molecule has 1 aliphatic carbocycles. The Morgan fingerprint density at radius 2 is 1.50 bits per heavy atom. The predicted molar refractivity (Wildman–Crippen MR) is 102 cm³/mol. The standard InChI is InChI=1S/C21H14N2O5/c22-11-4-6-12(7-5-11)23-21(28)10-8-14-18(16(25)9-10)20(27)17-13(19(14)26)2-1-3-15(17)24/h1-9,24-25H,22H2,(H,23,28). The molecule has 1 amide bonds. The van der Waals surface area contributed by atoms with Crippen molar-refractivity contribution in [3.63, 3.8) is 0 Å². The number of rotatable bonds is 2. The highest BCUT2D eigenvalue weighted by atomic mass is 16.3. The summed E-state index contributed by atoms with van der Waals surface area (Å²) in [4.78, 5) is 38.1. The monoisotopic (exact) mass is 374 g/mol. The molecule has 28 heavy (non-hydrogen) atoms. The Hall–Kier alpha value is -4.13. The van der Waals surface area contributed by atoms with Crippen LogP contribution in [0.2, 0.25) is 0 Å². The second-order valence-electron chi connectivity index (χ2n) is 6.35. The van der Waals surface area contributed by atoms with E-state index in [9.17, 15) is 24.6 Å². The van der Waals surface area contributed by atoms with Gasteiger partial charge >= 0.3 is 0 Å². The average molecular weight is 374 g/mol. The van der Waals surface area contributed by atoms with Gasteiger partial charge in [-0.2, -0.15) is 0 Å². The lowest BCUT2D eigenvalue weighted by atomic mass is 9.82. The van der Waals surface area contributed by atoms with Crippen molar-refractivity contribution in [2.24, 2.45) is 0 Å². The number of fused-ring (bicyclic) bond motifs is 2. The number of nitrogens with one attached hydrogen (secondary N) is 1. The maximum Gasteiger partial charge on any atom is 0.255 e. The molecule has 138 valence electrons. The Balaban J connectivity index is 1.76. The van der Waals surface area contributed by atoms with Gasteiger partial charge in [0.2, 0.25) is 5.78 Å². The second kappa shape index (κ2) is 6.24. The lowest BCUT2D eigenvalue weighted by Crippen LogP contribution is -2.22. The summed E-state index contributed by atoms with van der Waals surface area (Å²) in [5.41, 5.74) is 6.18. The van der Waals surface area contributed by atoms with Gasteiger partial charge in [-0.1, -0.05) is 12.1 Å². The van der Waals surface area contributed by atoms with Crippen molar-refractivity contribution >= 4 is 28.8 Å². The fraction of sp³-hybridized carbons (Fsp3) is 0. The van der Waals surface area contributed by atoms with Gasteiger partial charge in [0.1, 0.15) is 11.5 Å². The van der Waals surface area contributed by atoms with Crippen molar-refractivity contribution in [1.29, 1.82) is 0 Å². The number of carbonyl (C=O) groups excluding carboxylic acids is 3. The van der Waals surface area contributed by atoms with E-state index in [0.717, 1.165) is 6.07 Å². The molecule has 5 N–H and O–H groups in total. The van der Waals surface area contributed by atoms with Gasteiger partial charge in [-0.3, -0.25) is 14.4 Å². The van der Waals surface area contributed by atoms with E-state index in [-0.39, 0.29) is 33.6 Å². The average Bonchev–Trinajstić information content (AvgIpc) is 2.67. The Kier molecular flexibility index (Phi) is 3.85. The quantitative estimate of drug-likeness (QED) is 0.399. The van der Waals surface area contributed by atoms with Gasteiger partial charge in [0.25, 0.3) is 5.91 Å². The zero-order valence-corrected chi connectivity index (χ0v) is 14.4. The first-order valence-electron chi connectivity index (χ1n) is 8.32. The first-order chi connectivity index (χ1) is 13.4. The van der Waals surface area contributed by atoms with Gasteiger partial charge in [0, 0.05) is 28.1 Å². The van der Waals surface area contributed by atoms with Crippen LogP contribution in [0.4, 0.5) is 11.4 Å². The SMILES string of the molecule is Nc1ccc(NC(=O)c2cc(O)c3c(c2)C(=O)c2cccc(O)c2C3=O)cc1. The molecule has 0 aliphatic heterocycles. The van der Waals surface area contributed by atoms with Gasteiger partial charge in [-0.15, -0.1) is 0 Å². The van der Waals surface area contributed by atoms with Crippen molar-refractivity contribution in [2.45, 2.75) is 0 Å². The largest absolute Gasteiger partial charge is 0.507 e. The van der Waals surface area contributed by atoms with Crippen LogP contribution in [0.15, 0.2) is 54.6 Å². The molecule has 0 spiro atoms. The van der Waals surface area contributed by atoms with Crippen LogP contribution < -0.4 is 11.1 Å². The van der Waals surface area contributed by atoms with E-state index in [2.05, 4.69) is 5.32 Å². The third-order valence-corrected chi connectivity index (χ3v) is 4.53. The Morgan fingerprint density at radius 3 is 2.21 bits per heavy atom. The van der Waals surface area contributed by atoms with Crippen LogP contribution in [0.5, 0.6) is 11.5 Å². The Morgan fingerprint density at radius 1 is 0.821 bits per heavy atom. The number of nitrogen functional groups attached to an aromatic ring is 1.